The summed E-state index contributed by atoms with van der Waals surface area (Å²) in [6.07, 6.45) is 0. The first-order chi connectivity index (χ1) is 16.8. The van der Waals surface area contributed by atoms with Gasteiger partial charge in [-0.25, -0.2) is 4.98 Å². The highest BCUT2D eigenvalue weighted by molar-refractivity contribution is 7.21. The van der Waals surface area contributed by atoms with Crippen molar-refractivity contribution in [1.82, 2.24) is 9.97 Å². The van der Waals surface area contributed by atoms with E-state index in [0.29, 0.717) is 0 Å². The van der Waals surface area contributed by atoms with Crippen molar-refractivity contribution in [2.45, 2.75) is 0 Å². The Kier molecular flexibility index (Phi) is 4.36. The lowest BCUT2D eigenvalue weighted by Gasteiger charge is -2.07. The fraction of sp³-hybridized carbons (Fsp3) is 0. The molecule has 0 aliphatic heterocycles. The summed E-state index contributed by atoms with van der Waals surface area (Å²) in [7, 11) is 0. The topological polar surface area (TPSA) is 28.7 Å². The van der Waals surface area contributed by atoms with Gasteiger partial charge in [0.25, 0.3) is 0 Å². The van der Waals surface area contributed by atoms with E-state index in [0.717, 1.165) is 27.1 Å². The van der Waals surface area contributed by atoms with Crippen LogP contribution in [0.4, 0.5) is 0 Å². The molecule has 7 rings (SSSR count). The van der Waals surface area contributed by atoms with Crippen LogP contribution < -0.4 is 0 Å². The van der Waals surface area contributed by atoms with Gasteiger partial charge in [0.15, 0.2) is 0 Å². The third-order valence-corrected chi connectivity index (χ3v) is 7.52. The Hall–Kier alpha value is -4.21. The van der Waals surface area contributed by atoms with Crippen LogP contribution in [0.3, 0.4) is 0 Å². The van der Waals surface area contributed by atoms with Crippen molar-refractivity contribution in [1.29, 1.82) is 0 Å². The number of hydrogen-bond acceptors (Lipinski definition) is 2. The summed E-state index contributed by atoms with van der Waals surface area (Å²) >= 11 is 1.75. The Morgan fingerprint density at radius 2 is 1.24 bits per heavy atom. The van der Waals surface area contributed by atoms with E-state index in [2.05, 4.69) is 120 Å². The largest absolute Gasteiger partial charge is 0.354 e. The molecule has 0 atom stereocenters. The standard InChI is InChI=1S/C31H20N2S/c1-3-9-20(10-4-1)22-15-16-27-24(17-22)25-18-23(21-11-5-2-6-12-21)19-26(30(25)32-27)31-33-28-13-7-8-14-29(28)34-31/h1-19,32H. The molecule has 2 nitrogen and oxygen atoms in total. The minimum absolute atomic E-state index is 1.04. The lowest BCUT2D eigenvalue weighted by molar-refractivity contribution is 1.47. The Bertz CT molecular complexity index is 1760. The van der Waals surface area contributed by atoms with E-state index in [1.54, 1.807) is 11.3 Å². The molecule has 0 spiro atoms. The van der Waals surface area contributed by atoms with Gasteiger partial charge in [-0.05, 0) is 58.7 Å². The Balaban J connectivity index is 1.54. The molecule has 3 heteroatoms. The second kappa shape index (κ2) is 7.68. The first kappa shape index (κ1) is 19.3. The predicted octanol–water partition coefficient (Wildman–Crippen LogP) is 8.93. The van der Waals surface area contributed by atoms with E-state index in [1.807, 2.05) is 0 Å². The van der Waals surface area contributed by atoms with Crippen molar-refractivity contribution in [3.63, 3.8) is 0 Å². The summed E-state index contributed by atoms with van der Waals surface area (Å²) in [5.74, 6) is 0. The van der Waals surface area contributed by atoms with Gasteiger partial charge in [-0.2, -0.15) is 0 Å². The lowest BCUT2D eigenvalue weighted by atomic mass is 9.98. The zero-order chi connectivity index (χ0) is 22.5. The van der Waals surface area contributed by atoms with Crippen LogP contribution in [0.1, 0.15) is 0 Å². The van der Waals surface area contributed by atoms with Crippen molar-refractivity contribution in [2.24, 2.45) is 0 Å². The number of rotatable bonds is 3. The molecule has 5 aromatic carbocycles. The van der Waals surface area contributed by atoms with Gasteiger partial charge in [0.1, 0.15) is 5.01 Å². The monoisotopic (exact) mass is 452 g/mol. The zero-order valence-electron chi connectivity index (χ0n) is 18.3. The first-order valence-electron chi connectivity index (χ1n) is 11.4. The van der Waals surface area contributed by atoms with Gasteiger partial charge in [-0.15, -0.1) is 11.3 Å². The van der Waals surface area contributed by atoms with Crippen LogP contribution >= 0.6 is 11.3 Å². The molecular weight excluding hydrogens is 432 g/mol. The molecule has 0 saturated heterocycles. The maximum atomic E-state index is 5.00. The summed E-state index contributed by atoms with van der Waals surface area (Å²) in [6, 6.07) is 40.8. The van der Waals surface area contributed by atoms with Crippen LogP contribution in [0.2, 0.25) is 0 Å². The smallest absolute Gasteiger partial charge is 0.126 e. The van der Waals surface area contributed by atoms with E-state index in [1.165, 1.54) is 37.7 Å². The molecule has 160 valence electrons. The number of para-hydroxylation sites is 1. The van der Waals surface area contributed by atoms with Crippen molar-refractivity contribution < 1.29 is 0 Å². The van der Waals surface area contributed by atoms with E-state index >= 15 is 0 Å². The van der Waals surface area contributed by atoms with Gasteiger partial charge >= 0.3 is 0 Å². The number of nitrogens with one attached hydrogen (secondary N) is 1. The van der Waals surface area contributed by atoms with Crippen molar-refractivity contribution in [3.8, 4) is 32.8 Å². The molecule has 0 radical (unpaired) electrons. The number of benzene rings is 5. The summed E-state index contributed by atoms with van der Waals surface area (Å²) in [5.41, 5.74) is 9.33. The van der Waals surface area contributed by atoms with Crippen LogP contribution in [0.15, 0.2) is 115 Å². The highest BCUT2D eigenvalue weighted by Crippen LogP contribution is 2.40. The zero-order valence-corrected chi connectivity index (χ0v) is 19.1. The molecule has 34 heavy (non-hydrogen) atoms. The van der Waals surface area contributed by atoms with Gasteiger partial charge in [-0.1, -0.05) is 78.9 Å². The lowest BCUT2D eigenvalue weighted by Crippen LogP contribution is -1.84. The van der Waals surface area contributed by atoms with Crippen LogP contribution in [0.25, 0.3) is 64.8 Å². The van der Waals surface area contributed by atoms with Gasteiger partial charge in [0.2, 0.25) is 0 Å². The van der Waals surface area contributed by atoms with Crippen molar-refractivity contribution >= 4 is 43.4 Å². The van der Waals surface area contributed by atoms with E-state index in [4.69, 9.17) is 4.98 Å². The van der Waals surface area contributed by atoms with Gasteiger partial charge in [0, 0.05) is 21.9 Å². The number of aromatic nitrogens is 2. The van der Waals surface area contributed by atoms with E-state index in [9.17, 15) is 0 Å². The fourth-order valence-corrected chi connectivity index (χ4v) is 5.75. The molecular formula is C31H20N2S. The number of H-pyrrole nitrogens is 1. The average molecular weight is 453 g/mol. The fourth-order valence-electron chi connectivity index (χ4n) is 4.76. The molecule has 1 N–H and O–H groups in total. The number of hydrogen-bond donors (Lipinski definition) is 1. The molecule has 0 bridgehead atoms. The van der Waals surface area contributed by atoms with Crippen molar-refractivity contribution in [2.75, 3.05) is 0 Å². The molecule has 0 aliphatic rings. The molecule has 0 fully saturated rings. The van der Waals surface area contributed by atoms with Crippen LogP contribution in [-0.2, 0) is 0 Å². The van der Waals surface area contributed by atoms with Crippen LogP contribution in [-0.4, -0.2) is 9.97 Å². The molecule has 2 heterocycles. The predicted molar refractivity (Wildman–Crippen MR) is 145 cm³/mol. The summed E-state index contributed by atoms with van der Waals surface area (Å²) in [4.78, 5) is 8.72. The number of fused-ring (bicyclic) bond motifs is 4. The third-order valence-electron chi connectivity index (χ3n) is 6.45. The number of thiazole rings is 1. The quantitative estimate of drug-likeness (QED) is 0.285. The molecule has 0 unspecified atom stereocenters. The third kappa shape index (κ3) is 3.13. The average Bonchev–Trinajstić information content (AvgIpc) is 3.50. The second-order valence-electron chi connectivity index (χ2n) is 8.55. The number of aromatic amines is 1. The van der Waals surface area contributed by atoms with Crippen LogP contribution in [0.5, 0.6) is 0 Å². The number of nitrogens with zero attached hydrogens (tertiary/aromatic N) is 1. The Morgan fingerprint density at radius 1 is 0.559 bits per heavy atom. The Labute approximate surface area is 201 Å². The molecule has 2 aromatic heterocycles. The molecule has 7 aromatic rings. The Morgan fingerprint density at radius 3 is 2.00 bits per heavy atom. The maximum absolute atomic E-state index is 5.00. The molecule has 0 amide bonds. The molecule has 0 saturated carbocycles. The second-order valence-corrected chi connectivity index (χ2v) is 9.58. The van der Waals surface area contributed by atoms with Gasteiger partial charge in [0.05, 0.1) is 15.7 Å². The molecule has 0 aliphatic carbocycles. The van der Waals surface area contributed by atoms with Crippen LogP contribution in [0, 0.1) is 0 Å². The minimum Gasteiger partial charge on any atom is -0.354 e. The first-order valence-corrected chi connectivity index (χ1v) is 12.2. The van der Waals surface area contributed by atoms with E-state index < -0.39 is 0 Å². The van der Waals surface area contributed by atoms with Gasteiger partial charge < -0.3 is 4.98 Å². The normalized spacial score (nSPS) is 11.5. The van der Waals surface area contributed by atoms with Gasteiger partial charge in [-0.3, -0.25) is 0 Å². The SMILES string of the molecule is c1ccc(-c2ccc3[nH]c4c(-c5nc6ccccc6s5)cc(-c5ccccc5)cc4c3c2)cc1. The summed E-state index contributed by atoms with van der Waals surface area (Å²) in [5, 5.41) is 3.50. The summed E-state index contributed by atoms with van der Waals surface area (Å²) in [6.45, 7) is 0. The minimum atomic E-state index is 1.04. The van der Waals surface area contributed by atoms with Crippen molar-refractivity contribution in [3.05, 3.63) is 115 Å². The summed E-state index contributed by atoms with van der Waals surface area (Å²) < 4.78 is 1.21. The van der Waals surface area contributed by atoms with E-state index in [-0.39, 0.29) is 0 Å². The highest BCUT2D eigenvalue weighted by Gasteiger charge is 2.16. The highest BCUT2D eigenvalue weighted by atomic mass is 32.1. The maximum Gasteiger partial charge on any atom is 0.126 e.